The molecule has 3 rings (SSSR count). The van der Waals surface area contributed by atoms with Gasteiger partial charge in [-0.15, -0.1) is 0 Å². The molecule has 0 unspecified atom stereocenters. The molecule has 1 fully saturated rings. The summed E-state index contributed by atoms with van der Waals surface area (Å²) in [6.07, 6.45) is 3.69. The summed E-state index contributed by atoms with van der Waals surface area (Å²) in [6, 6.07) is 6.33. The third-order valence-electron chi connectivity index (χ3n) is 3.36. The van der Waals surface area contributed by atoms with Gasteiger partial charge in [0, 0.05) is 17.1 Å². The van der Waals surface area contributed by atoms with E-state index in [-0.39, 0.29) is 10.7 Å². The van der Waals surface area contributed by atoms with Crippen molar-refractivity contribution in [1.29, 1.82) is 0 Å². The van der Waals surface area contributed by atoms with Crippen molar-refractivity contribution in [3.8, 4) is 0 Å². The second-order valence-corrected chi connectivity index (χ2v) is 7.10. The number of nitrogens with zero attached hydrogens (tertiary/aromatic N) is 2. The molecule has 0 aliphatic heterocycles. The quantitative estimate of drug-likeness (QED) is 0.938. The average molecular weight is 324 g/mol. The molecule has 5 nitrogen and oxygen atoms in total. The van der Waals surface area contributed by atoms with Crippen LogP contribution < -0.4 is 4.72 Å². The molecular formula is C14H14ClN3O2S. The predicted molar refractivity (Wildman–Crippen MR) is 81.0 cm³/mol. The maximum absolute atomic E-state index is 12.4. The Morgan fingerprint density at radius 2 is 2.05 bits per heavy atom. The van der Waals surface area contributed by atoms with E-state index in [1.165, 1.54) is 6.07 Å². The summed E-state index contributed by atoms with van der Waals surface area (Å²) >= 11 is 5.98. The van der Waals surface area contributed by atoms with Crippen LogP contribution in [0.1, 0.15) is 30.1 Å². The Labute approximate surface area is 128 Å². The fourth-order valence-electron chi connectivity index (χ4n) is 2.04. The van der Waals surface area contributed by atoms with Crippen LogP contribution in [-0.4, -0.2) is 18.4 Å². The van der Waals surface area contributed by atoms with Gasteiger partial charge in [-0.2, -0.15) is 0 Å². The topological polar surface area (TPSA) is 72.0 Å². The Bertz CT molecular complexity index is 789. The van der Waals surface area contributed by atoms with Gasteiger partial charge in [-0.3, -0.25) is 4.72 Å². The molecule has 0 bridgehead atoms. The van der Waals surface area contributed by atoms with E-state index in [4.69, 9.17) is 11.6 Å². The minimum Gasteiger partial charge on any atom is -0.263 e. The van der Waals surface area contributed by atoms with E-state index in [0.29, 0.717) is 22.3 Å². The molecular weight excluding hydrogens is 310 g/mol. The summed E-state index contributed by atoms with van der Waals surface area (Å²) in [5, 5.41) is 0.416. The van der Waals surface area contributed by atoms with E-state index in [9.17, 15) is 8.42 Å². The van der Waals surface area contributed by atoms with Gasteiger partial charge >= 0.3 is 0 Å². The number of rotatable bonds is 4. The van der Waals surface area contributed by atoms with Crippen LogP contribution in [0, 0.1) is 6.92 Å². The molecule has 0 atom stereocenters. The molecule has 1 aromatic carbocycles. The fourth-order valence-corrected chi connectivity index (χ4v) is 3.54. The molecule has 0 amide bonds. The van der Waals surface area contributed by atoms with Crippen LogP contribution in [0.3, 0.4) is 0 Å². The van der Waals surface area contributed by atoms with Gasteiger partial charge in [0.1, 0.15) is 11.6 Å². The van der Waals surface area contributed by atoms with Crippen LogP contribution in [0.4, 0.5) is 5.82 Å². The summed E-state index contributed by atoms with van der Waals surface area (Å²) in [7, 11) is -3.71. The molecule has 1 aromatic heterocycles. The second-order valence-electron chi connectivity index (χ2n) is 5.04. The van der Waals surface area contributed by atoms with Gasteiger partial charge in [0.15, 0.2) is 0 Å². The van der Waals surface area contributed by atoms with E-state index in [1.807, 2.05) is 0 Å². The smallest absolute Gasteiger partial charge is 0.263 e. The van der Waals surface area contributed by atoms with E-state index < -0.39 is 10.0 Å². The first-order valence-electron chi connectivity index (χ1n) is 6.58. The van der Waals surface area contributed by atoms with E-state index in [1.54, 1.807) is 31.3 Å². The van der Waals surface area contributed by atoms with Crippen molar-refractivity contribution >= 4 is 27.4 Å². The highest BCUT2D eigenvalue weighted by atomic mass is 35.5. The van der Waals surface area contributed by atoms with Crippen LogP contribution >= 0.6 is 11.6 Å². The fraction of sp³-hybridized carbons (Fsp3) is 0.286. The Morgan fingerprint density at radius 3 is 2.76 bits per heavy atom. The van der Waals surface area contributed by atoms with Crippen molar-refractivity contribution in [2.75, 3.05) is 4.72 Å². The number of hydrogen-bond donors (Lipinski definition) is 1. The molecule has 7 heteroatoms. The molecule has 110 valence electrons. The minimum absolute atomic E-state index is 0.154. The molecule has 1 heterocycles. The van der Waals surface area contributed by atoms with Crippen molar-refractivity contribution in [3.63, 3.8) is 0 Å². The Balaban J connectivity index is 1.92. The van der Waals surface area contributed by atoms with E-state index >= 15 is 0 Å². The van der Waals surface area contributed by atoms with Crippen molar-refractivity contribution in [2.45, 2.75) is 30.6 Å². The van der Waals surface area contributed by atoms with Gasteiger partial charge in [0.05, 0.1) is 4.90 Å². The lowest BCUT2D eigenvalue weighted by atomic mass is 10.2. The summed E-state index contributed by atoms with van der Waals surface area (Å²) in [6.45, 7) is 1.67. The highest BCUT2D eigenvalue weighted by Gasteiger charge is 2.27. The van der Waals surface area contributed by atoms with Gasteiger partial charge in [-0.25, -0.2) is 18.4 Å². The molecule has 1 saturated carbocycles. The number of benzene rings is 1. The zero-order valence-corrected chi connectivity index (χ0v) is 12.9. The van der Waals surface area contributed by atoms with Gasteiger partial charge in [0.2, 0.25) is 0 Å². The highest BCUT2D eigenvalue weighted by molar-refractivity contribution is 7.92. The van der Waals surface area contributed by atoms with Crippen LogP contribution in [0.25, 0.3) is 0 Å². The van der Waals surface area contributed by atoms with Gasteiger partial charge in [-0.1, -0.05) is 17.7 Å². The molecule has 0 saturated heterocycles. The van der Waals surface area contributed by atoms with Crippen LogP contribution in [0.2, 0.25) is 5.02 Å². The Morgan fingerprint density at radius 1 is 1.29 bits per heavy atom. The average Bonchev–Trinajstić information content (AvgIpc) is 3.26. The van der Waals surface area contributed by atoms with E-state index in [0.717, 1.165) is 12.8 Å². The highest BCUT2D eigenvalue weighted by Crippen LogP contribution is 2.38. The van der Waals surface area contributed by atoms with Gasteiger partial charge in [-0.05, 0) is 43.5 Å². The van der Waals surface area contributed by atoms with Crippen LogP contribution in [0.15, 0.2) is 35.4 Å². The lowest BCUT2D eigenvalue weighted by Crippen LogP contribution is -2.15. The molecule has 0 spiro atoms. The number of anilines is 1. The lowest BCUT2D eigenvalue weighted by molar-refractivity contribution is 0.600. The summed E-state index contributed by atoms with van der Waals surface area (Å²) < 4.78 is 27.4. The molecule has 21 heavy (non-hydrogen) atoms. The number of halogens is 1. The number of nitrogens with one attached hydrogen (secondary N) is 1. The Kier molecular flexibility index (Phi) is 3.59. The number of aromatic nitrogens is 2. The molecule has 2 aromatic rings. The molecule has 1 aliphatic rings. The number of sulfonamides is 1. The SMILES string of the molecule is Cc1c(Cl)cccc1S(=O)(=O)Nc1ccnc(C2CC2)n1. The zero-order chi connectivity index (χ0) is 15.0. The third kappa shape index (κ3) is 3.01. The van der Waals surface area contributed by atoms with Crippen molar-refractivity contribution in [2.24, 2.45) is 0 Å². The predicted octanol–water partition coefficient (Wildman–Crippen LogP) is 3.12. The first kappa shape index (κ1) is 14.3. The van der Waals surface area contributed by atoms with Crippen molar-refractivity contribution < 1.29 is 8.42 Å². The largest absolute Gasteiger partial charge is 0.263 e. The first-order chi connectivity index (χ1) is 9.97. The maximum atomic E-state index is 12.4. The molecule has 1 N–H and O–H groups in total. The van der Waals surface area contributed by atoms with E-state index in [2.05, 4.69) is 14.7 Å². The minimum atomic E-state index is -3.71. The second kappa shape index (κ2) is 5.27. The molecule has 0 radical (unpaired) electrons. The maximum Gasteiger partial charge on any atom is 0.263 e. The molecule has 1 aliphatic carbocycles. The summed E-state index contributed by atoms with van der Waals surface area (Å²) in [5.41, 5.74) is 0.517. The van der Waals surface area contributed by atoms with Crippen LogP contribution in [-0.2, 0) is 10.0 Å². The van der Waals surface area contributed by atoms with Crippen molar-refractivity contribution in [3.05, 3.63) is 46.9 Å². The van der Waals surface area contributed by atoms with Gasteiger partial charge < -0.3 is 0 Å². The van der Waals surface area contributed by atoms with Gasteiger partial charge in [0.25, 0.3) is 10.0 Å². The third-order valence-corrected chi connectivity index (χ3v) is 5.27. The zero-order valence-electron chi connectivity index (χ0n) is 11.4. The normalized spacial score (nSPS) is 15.0. The first-order valence-corrected chi connectivity index (χ1v) is 8.44. The van der Waals surface area contributed by atoms with Crippen LogP contribution in [0.5, 0.6) is 0 Å². The monoisotopic (exact) mass is 323 g/mol. The summed E-state index contributed by atoms with van der Waals surface area (Å²) in [4.78, 5) is 8.59. The standard InChI is InChI=1S/C14H14ClN3O2S/c1-9-11(15)3-2-4-12(9)21(19,20)18-13-7-8-16-14(17-13)10-5-6-10/h2-4,7-8,10H,5-6H2,1H3,(H,16,17,18). The van der Waals surface area contributed by atoms with Crippen molar-refractivity contribution in [1.82, 2.24) is 9.97 Å². The Hall–Kier alpha value is -1.66. The summed E-state index contributed by atoms with van der Waals surface area (Å²) in [5.74, 6) is 1.34. The number of hydrogen-bond acceptors (Lipinski definition) is 4. The lowest BCUT2D eigenvalue weighted by Gasteiger charge is -2.11.